The molecule has 2 saturated heterocycles. The Morgan fingerprint density at radius 3 is 2.25 bits per heavy atom. The number of rotatable bonds is 1. The Morgan fingerprint density at radius 2 is 1.62 bits per heavy atom. The molecular formula is C11H19N3O2. The fraction of sp³-hybridized carbons (Fsp3) is 0.818. The highest BCUT2D eigenvalue weighted by Gasteiger charge is 2.31. The topological polar surface area (TPSA) is 66.6 Å². The third kappa shape index (κ3) is 2.28. The molecule has 5 nitrogen and oxygen atoms in total. The second-order valence-corrected chi connectivity index (χ2v) is 4.66. The van der Waals surface area contributed by atoms with Gasteiger partial charge in [-0.2, -0.15) is 0 Å². The molecule has 16 heavy (non-hydrogen) atoms. The lowest BCUT2D eigenvalue weighted by Gasteiger charge is -2.32. The predicted molar refractivity (Wildman–Crippen MR) is 59.7 cm³/mol. The molecule has 0 bridgehead atoms. The van der Waals surface area contributed by atoms with Crippen LogP contribution in [0.1, 0.15) is 25.7 Å². The SMILES string of the molecule is NC(=O)N1CCCC(C(=O)N2CCCC2)C1. The van der Waals surface area contributed by atoms with E-state index in [0.717, 1.165) is 38.8 Å². The summed E-state index contributed by atoms with van der Waals surface area (Å²) in [4.78, 5) is 26.7. The fourth-order valence-corrected chi connectivity index (χ4v) is 2.57. The molecule has 0 spiro atoms. The molecule has 0 radical (unpaired) electrons. The van der Waals surface area contributed by atoms with Crippen LogP contribution in [0, 0.1) is 5.92 Å². The summed E-state index contributed by atoms with van der Waals surface area (Å²) in [6.45, 7) is 2.96. The standard InChI is InChI=1S/C11H19N3O2/c12-11(16)14-7-3-4-9(8-14)10(15)13-5-1-2-6-13/h9H,1-8H2,(H2,12,16). The average molecular weight is 225 g/mol. The summed E-state index contributed by atoms with van der Waals surface area (Å²) in [5.74, 6) is 0.183. The van der Waals surface area contributed by atoms with E-state index in [1.165, 1.54) is 0 Å². The minimum atomic E-state index is -0.404. The number of piperidine rings is 1. The normalized spacial score (nSPS) is 25.9. The number of amides is 3. The van der Waals surface area contributed by atoms with Gasteiger partial charge >= 0.3 is 6.03 Å². The van der Waals surface area contributed by atoms with E-state index in [9.17, 15) is 9.59 Å². The van der Waals surface area contributed by atoms with Crippen LogP contribution >= 0.6 is 0 Å². The van der Waals surface area contributed by atoms with Crippen LogP contribution in [0.3, 0.4) is 0 Å². The molecule has 1 unspecified atom stereocenters. The molecule has 2 rings (SSSR count). The maximum Gasteiger partial charge on any atom is 0.314 e. The Morgan fingerprint density at radius 1 is 1.00 bits per heavy atom. The maximum atomic E-state index is 12.1. The predicted octanol–water partition coefficient (Wildman–Crippen LogP) is 0.399. The van der Waals surface area contributed by atoms with Crippen molar-refractivity contribution in [3.63, 3.8) is 0 Å². The van der Waals surface area contributed by atoms with Crippen LogP contribution in [0.4, 0.5) is 4.79 Å². The van der Waals surface area contributed by atoms with Crippen LogP contribution in [-0.2, 0) is 4.79 Å². The molecular weight excluding hydrogens is 206 g/mol. The quantitative estimate of drug-likeness (QED) is 0.702. The van der Waals surface area contributed by atoms with E-state index in [4.69, 9.17) is 5.73 Å². The van der Waals surface area contributed by atoms with Crippen LogP contribution in [0.5, 0.6) is 0 Å². The molecule has 2 N–H and O–H groups in total. The highest BCUT2D eigenvalue weighted by atomic mass is 16.2. The van der Waals surface area contributed by atoms with E-state index in [1.807, 2.05) is 4.90 Å². The molecule has 90 valence electrons. The Labute approximate surface area is 95.6 Å². The van der Waals surface area contributed by atoms with E-state index in [-0.39, 0.29) is 11.8 Å². The van der Waals surface area contributed by atoms with Gasteiger partial charge in [-0.15, -0.1) is 0 Å². The summed E-state index contributed by atoms with van der Waals surface area (Å²) in [7, 11) is 0. The van der Waals surface area contributed by atoms with Gasteiger partial charge in [0, 0.05) is 26.2 Å². The summed E-state index contributed by atoms with van der Waals surface area (Å²) >= 11 is 0. The van der Waals surface area contributed by atoms with E-state index < -0.39 is 6.03 Å². The molecule has 1 atom stereocenters. The van der Waals surface area contributed by atoms with Crippen LogP contribution in [0.25, 0.3) is 0 Å². The van der Waals surface area contributed by atoms with Crippen molar-refractivity contribution in [2.45, 2.75) is 25.7 Å². The van der Waals surface area contributed by atoms with Crippen molar-refractivity contribution in [3.8, 4) is 0 Å². The van der Waals surface area contributed by atoms with Gasteiger partial charge < -0.3 is 15.5 Å². The zero-order valence-corrected chi connectivity index (χ0v) is 9.52. The number of hydrogen-bond donors (Lipinski definition) is 1. The van der Waals surface area contributed by atoms with Crippen LogP contribution in [-0.4, -0.2) is 47.9 Å². The smallest absolute Gasteiger partial charge is 0.314 e. The number of primary amides is 1. The summed E-state index contributed by atoms with van der Waals surface area (Å²) in [6, 6.07) is -0.404. The molecule has 0 aromatic carbocycles. The van der Waals surface area contributed by atoms with Crippen LogP contribution in [0.15, 0.2) is 0 Å². The van der Waals surface area contributed by atoms with E-state index >= 15 is 0 Å². The molecule has 2 aliphatic heterocycles. The van der Waals surface area contributed by atoms with E-state index in [0.29, 0.717) is 13.1 Å². The third-order valence-electron chi connectivity index (χ3n) is 3.50. The second-order valence-electron chi connectivity index (χ2n) is 4.66. The molecule has 0 aromatic heterocycles. The maximum absolute atomic E-state index is 12.1. The summed E-state index contributed by atoms with van der Waals surface area (Å²) < 4.78 is 0. The lowest BCUT2D eigenvalue weighted by atomic mass is 9.97. The Hall–Kier alpha value is -1.26. The van der Waals surface area contributed by atoms with Crippen LogP contribution < -0.4 is 5.73 Å². The second kappa shape index (κ2) is 4.72. The van der Waals surface area contributed by atoms with Gasteiger partial charge in [0.1, 0.15) is 0 Å². The summed E-state index contributed by atoms with van der Waals surface area (Å²) in [5, 5.41) is 0. The lowest BCUT2D eigenvalue weighted by molar-refractivity contribution is -0.135. The number of nitrogens with two attached hydrogens (primary N) is 1. The Balaban J connectivity index is 1.93. The van der Waals surface area contributed by atoms with Gasteiger partial charge in [-0.3, -0.25) is 4.79 Å². The molecule has 2 heterocycles. The average Bonchev–Trinajstić information content (AvgIpc) is 2.81. The molecule has 3 amide bonds. The van der Waals surface area contributed by atoms with Gasteiger partial charge in [-0.25, -0.2) is 4.79 Å². The van der Waals surface area contributed by atoms with Crippen molar-refractivity contribution in [3.05, 3.63) is 0 Å². The first-order valence-electron chi connectivity index (χ1n) is 6.01. The molecule has 0 saturated carbocycles. The third-order valence-corrected chi connectivity index (χ3v) is 3.50. The highest BCUT2D eigenvalue weighted by molar-refractivity contribution is 5.80. The van der Waals surface area contributed by atoms with Crippen LogP contribution in [0.2, 0.25) is 0 Å². The van der Waals surface area contributed by atoms with Crippen molar-refractivity contribution in [2.24, 2.45) is 11.7 Å². The first-order chi connectivity index (χ1) is 7.68. The molecule has 0 aromatic rings. The van der Waals surface area contributed by atoms with E-state index in [1.54, 1.807) is 4.90 Å². The number of carbonyl (C=O) groups is 2. The van der Waals surface area contributed by atoms with Gasteiger partial charge in [0.05, 0.1) is 5.92 Å². The monoisotopic (exact) mass is 225 g/mol. The highest BCUT2D eigenvalue weighted by Crippen LogP contribution is 2.20. The largest absolute Gasteiger partial charge is 0.351 e. The number of likely N-dealkylation sites (tertiary alicyclic amines) is 2. The number of nitrogens with zero attached hydrogens (tertiary/aromatic N) is 2. The molecule has 2 fully saturated rings. The zero-order valence-electron chi connectivity index (χ0n) is 9.52. The number of hydrogen-bond acceptors (Lipinski definition) is 2. The Kier molecular flexibility index (Phi) is 3.31. The van der Waals surface area contributed by atoms with Crippen molar-refractivity contribution >= 4 is 11.9 Å². The Bertz CT molecular complexity index is 287. The minimum absolute atomic E-state index is 0.0284. The molecule has 2 aliphatic rings. The van der Waals surface area contributed by atoms with Gasteiger partial charge in [-0.1, -0.05) is 0 Å². The first kappa shape index (κ1) is 11.2. The van der Waals surface area contributed by atoms with Crippen molar-refractivity contribution in [1.29, 1.82) is 0 Å². The number of urea groups is 1. The fourth-order valence-electron chi connectivity index (χ4n) is 2.57. The molecule has 5 heteroatoms. The van der Waals surface area contributed by atoms with Gasteiger partial charge in [0.2, 0.25) is 5.91 Å². The zero-order chi connectivity index (χ0) is 11.5. The van der Waals surface area contributed by atoms with Crippen molar-refractivity contribution in [1.82, 2.24) is 9.80 Å². The lowest BCUT2D eigenvalue weighted by Crippen LogP contribution is -2.47. The summed E-state index contributed by atoms with van der Waals surface area (Å²) in [6.07, 6.45) is 3.99. The van der Waals surface area contributed by atoms with Gasteiger partial charge in [0.25, 0.3) is 0 Å². The summed E-state index contributed by atoms with van der Waals surface area (Å²) in [5.41, 5.74) is 5.25. The van der Waals surface area contributed by atoms with Gasteiger partial charge in [0.15, 0.2) is 0 Å². The van der Waals surface area contributed by atoms with Gasteiger partial charge in [-0.05, 0) is 25.7 Å². The number of carbonyl (C=O) groups excluding carboxylic acids is 2. The van der Waals surface area contributed by atoms with Crippen molar-refractivity contribution in [2.75, 3.05) is 26.2 Å². The molecule has 0 aliphatic carbocycles. The van der Waals surface area contributed by atoms with Crippen molar-refractivity contribution < 1.29 is 9.59 Å². The van der Waals surface area contributed by atoms with E-state index in [2.05, 4.69) is 0 Å². The first-order valence-corrected chi connectivity index (χ1v) is 6.01. The minimum Gasteiger partial charge on any atom is -0.351 e.